The Labute approximate surface area is 162 Å². The van der Waals surface area contributed by atoms with E-state index in [-0.39, 0.29) is 24.2 Å². The van der Waals surface area contributed by atoms with Crippen LogP contribution in [0.15, 0.2) is 48.5 Å². The zero-order valence-corrected chi connectivity index (χ0v) is 16.4. The van der Waals surface area contributed by atoms with Gasteiger partial charge in [0.1, 0.15) is 0 Å². The van der Waals surface area contributed by atoms with Gasteiger partial charge in [-0.3, -0.25) is 13.8 Å². The summed E-state index contributed by atoms with van der Waals surface area (Å²) in [5, 5.41) is 2.92. The molecule has 2 amide bonds. The van der Waals surface area contributed by atoms with Gasteiger partial charge < -0.3 is 10.2 Å². The first-order valence-corrected chi connectivity index (χ1v) is 10.7. The number of rotatable bonds is 6. The highest BCUT2D eigenvalue weighted by Gasteiger charge is 2.34. The molecular formula is C21H24N2O3S. The number of nitrogens with one attached hydrogen (secondary N) is 1. The molecule has 0 spiro atoms. The maximum absolute atomic E-state index is 12.7. The minimum Gasteiger partial charge on any atom is -0.338 e. The van der Waals surface area contributed by atoms with Crippen molar-refractivity contribution in [2.45, 2.75) is 25.6 Å². The molecule has 2 atom stereocenters. The van der Waals surface area contributed by atoms with Gasteiger partial charge in [0.2, 0.25) is 11.8 Å². The van der Waals surface area contributed by atoms with Crippen molar-refractivity contribution in [1.29, 1.82) is 0 Å². The van der Waals surface area contributed by atoms with Gasteiger partial charge in [0.05, 0.1) is 11.7 Å². The number of benzene rings is 2. The Balaban J connectivity index is 1.64. The number of likely N-dealkylation sites (tertiary alicyclic amines) is 1. The minimum atomic E-state index is -0.993. The number of carbonyl (C=O) groups excluding carboxylic acids is 2. The molecule has 27 heavy (non-hydrogen) atoms. The van der Waals surface area contributed by atoms with Crippen LogP contribution >= 0.6 is 0 Å². The molecule has 1 aliphatic heterocycles. The summed E-state index contributed by atoms with van der Waals surface area (Å²) < 4.78 is 11.5. The molecule has 2 aromatic rings. The van der Waals surface area contributed by atoms with E-state index in [1.165, 1.54) is 5.56 Å². The average molecular weight is 385 g/mol. The van der Waals surface area contributed by atoms with E-state index in [0.717, 1.165) is 11.1 Å². The van der Waals surface area contributed by atoms with Crippen LogP contribution in [0.4, 0.5) is 5.69 Å². The third-order valence-corrected chi connectivity index (χ3v) is 5.43. The second-order valence-corrected chi connectivity index (χ2v) is 8.46. The Morgan fingerprint density at radius 1 is 1.19 bits per heavy atom. The van der Waals surface area contributed by atoms with Crippen LogP contribution in [0.1, 0.15) is 23.1 Å². The highest BCUT2D eigenvalue weighted by atomic mass is 32.2. The number of nitrogens with zero attached hydrogens (tertiary/aromatic N) is 1. The van der Waals surface area contributed by atoms with E-state index in [2.05, 4.69) is 5.32 Å². The molecule has 0 radical (unpaired) electrons. The summed E-state index contributed by atoms with van der Waals surface area (Å²) in [6.07, 6.45) is 1.86. The van der Waals surface area contributed by atoms with Gasteiger partial charge in [0.25, 0.3) is 0 Å². The first kappa shape index (κ1) is 19.3. The third-order valence-electron chi connectivity index (χ3n) is 4.71. The minimum absolute atomic E-state index is 0.00123. The predicted octanol–water partition coefficient (Wildman–Crippen LogP) is 2.86. The highest BCUT2D eigenvalue weighted by Crippen LogP contribution is 2.23. The molecule has 1 fully saturated rings. The summed E-state index contributed by atoms with van der Waals surface area (Å²) >= 11 is 0. The molecule has 6 heteroatoms. The number of amides is 2. The molecule has 1 saturated heterocycles. The van der Waals surface area contributed by atoms with Crippen molar-refractivity contribution >= 4 is 28.3 Å². The Morgan fingerprint density at radius 2 is 1.89 bits per heavy atom. The number of para-hydroxylation sites is 1. The molecule has 5 nitrogen and oxygen atoms in total. The van der Waals surface area contributed by atoms with Crippen molar-refractivity contribution in [3.63, 3.8) is 0 Å². The average Bonchev–Trinajstić information content (AvgIpc) is 2.99. The molecule has 1 aliphatic rings. The SMILES string of the molecule is Cc1ccc(CN2C[C@@H](C(=O)Nc3ccccc3C[S@](C)=O)CC2=O)cc1. The van der Waals surface area contributed by atoms with Crippen molar-refractivity contribution in [1.82, 2.24) is 4.90 Å². The fourth-order valence-electron chi connectivity index (χ4n) is 3.24. The maximum Gasteiger partial charge on any atom is 0.229 e. The summed E-state index contributed by atoms with van der Waals surface area (Å²) in [7, 11) is -0.993. The molecule has 1 heterocycles. The van der Waals surface area contributed by atoms with Crippen molar-refractivity contribution in [2.75, 3.05) is 18.1 Å². The smallest absolute Gasteiger partial charge is 0.229 e. The Kier molecular flexibility index (Phi) is 6.06. The highest BCUT2D eigenvalue weighted by molar-refractivity contribution is 7.83. The second kappa shape index (κ2) is 8.48. The van der Waals surface area contributed by atoms with E-state index in [1.54, 1.807) is 17.2 Å². The lowest BCUT2D eigenvalue weighted by molar-refractivity contribution is -0.128. The van der Waals surface area contributed by atoms with Gasteiger partial charge in [0.15, 0.2) is 0 Å². The Bertz CT molecular complexity index is 864. The van der Waals surface area contributed by atoms with Crippen LogP contribution in [0.5, 0.6) is 0 Å². The lowest BCUT2D eigenvalue weighted by Crippen LogP contribution is -2.28. The summed E-state index contributed by atoms with van der Waals surface area (Å²) in [5.74, 6) is -0.148. The molecule has 3 rings (SSSR count). The van der Waals surface area contributed by atoms with E-state index in [9.17, 15) is 13.8 Å². The van der Waals surface area contributed by atoms with E-state index in [4.69, 9.17) is 0 Å². The van der Waals surface area contributed by atoms with Crippen LogP contribution in [-0.4, -0.2) is 33.7 Å². The first-order valence-electron chi connectivity index (χ1n) is 8.94. The number of carbonyl (C=O) groups is 2. The molecule has 0 unspecified atom stereocenters. The monoisotopic (exact) mass is 384 g/mol. The van der Waals surface area contributed by atoms with Crippen molar-refractivity contribution < 1.29 is 13.8 Å². The van der Waals surface area contributed by atoms with E-state index >= 15 is 0 Å². The lowest BCUT2D eigenvalue weighted by atomic mass is 10.1. The number of hydrogen-bond donors (Lipinski definition) is 1. The van der Waals surface area contributed by atoms with Crippen LogP contribution in [-0.2, 0) is 32.7 Å². The van der Waals surface area contributed by atoms with Gasteiger partial charge in [-0.25, -0.2) is 0 Å². The van der Waals surface area contributed by atoms with Crippen LogP contribution in [0.3, 0.4) is 0 Å². The molecule has 0 aromatic heterocycles. The molecule has 142 valence electrons. The second-order valence-electron chi connectivity index (χ2n) is 7.02. The fraction of sp³-hybridized carbons (Fsp3) is 0.333. The summed E-state index contributed by atoms with van der Waals surface area (Å²) in [6.45, 7) is 2.96. The molecule has 2 aromatic carbocycles. The van der Waals surface area contributed by atoms with Crippen molar-refractivity contribution in [3.8, 4) is 0 Å². The van der Waals surface area contributed by atoms with Crippen molar-refractivity contribution in [2.24, 2.45) is 5.92 Å². The van der Waals surface area contributed by atoms with Crippen molar-refractivity contribution in [3.05, 3.63) is 65.2 Å². The number of aryl methyl sites for hydroxylation is 1. The molecule has 1 N–H and O–H groups in total. The zero-order chi connectivity index (χ0) is 19.4. The summed E-state index contributed by atoms with van der Waals surface area (Å²) in [6, 6.07) is 15.4. The van der Waals surface area contributed by atoms with Crippen LogP contribution in [0.2, 0.25) is 0 Å². The standard InChI is InChI=1S/C21H24N2O3S/c1-15-7-9-16(10-8-15)12-23-13-18(11-20(23)24)21(25)22-19-6-4-3-5-17(19)14-27(2)26/h3-10,18H,11-14H2,1-2H3,(H,22,25)/t18-,27-/m0/s1. The lowest BCUT2D eigenvalue weighted by Gasteiger charge is -2.17. The van der Waals surface area contributed by atoms with Gasteiger partial charge in [-0.1, -0.05) is 48.0 Å². The molecule has 0 aliphatic carbocycles. The van der Waals surface area contributed by atoms with Gasteiger partial charge in [-0.2, -0.15) is 0 Å². The first-order chi connectivity index (χ1) is 12.9. The fourth-order valence-corrected chi connectivity index (χ4v) is 3.93. The van der Waals surface area contributed by atoms with Gasteiger partial charge >= 0.3 is 0 Å². The van der Waals surface area contributed by atoms with E-state index in [1.807, 2.05) is 49.4 Å². The number of hydrogen-bond acceptors (Lipinski definition) is 3. The number of anilines is 1. The summed E-state index contributed by atoms with van der Waals surface area (Å²) in [5.41, 5.74) is 3.75. The molecular weight excluding hydrogens is 360 g/mol. The van der Waals surface area contributed by atoms with Crippen LogP contribution in [0, 0.1) is 12.8 Å². The van der Waals surface area contributed by atoms with Gasteiger partial charge in [-0.05, 0) is 24.1 Å². The van der Waals surface area contributed by atoms with Crippen LogP contribution in [0.25, 0.3) is 0 Å². The third kappa shape index (κ3) is 5.04. The Hall–Kier alpha value is -2.47. The largest absolute Gasteiger partial charge is 0.338 e. The quantitative estimate of drug-likeness (QED) is 0.833. The van der Waals surface area contributed by atoms with Gasteiger partial charge in [-0.15, -0.1) is 0 Å². The Morgan fingerprint density at radius 3 is 2.59 bits per heavy atom. The topological polar surface area (TPSA) is 66.5 Å². The summed E-state index contributed by atoms with van der Waals surface area (Å²) in [4.78, 5) is 26.7. The van der Waals surface area contributed by atoms with E-state index in [0.29, 0.717) is 24.5 Å². The normalized spacial score (nSPS) is 17.8. The maximum atomic E-state index is 12.7. The zero-order valence-electron chi connectivity index (χ0n) is 15.6. The predicted molar refractivity (Wildman–Crippen MR) is 108 cm³/mol. The molecule has 0 bridgehead atoms. The molecule has 0 saturated carbocycles. The van der Waals surface area contributed by atoms with E-state index < -0.39 is 10.8 Å². The van der Waals surface area contributed by atoms with Gasteiger partial charge in [0, 0.05) is 42.3 Å². The van der Waals surface area contributed by atoms with Crippen LogP contribution < -0.4 is 5.32 Å².